The molecule has 1 aromatic carbocycles. The van der Waals surface area contributed by atoms with E-state index >= 15 is 4.39 Å². The van der Waals surface area contributed by atoms with Crippen molar-refractivity contribution in [2.75, 3.05) is 45.9 Å². The molecular weight excluding hydrogens is 598 g/mol. The van der Waals surface area contributed by atoms with Gasteiger partial charge in [-0.15, -0.1) is 0 Å². The predicted octanol–water partition coefficient (Wildman–Crippen LogP) is 5.55. The summed E-state index contributed by atoms with van der Waals surface area (Å²) >= 11 is 0. The molecule has 10 heteroatoms. The number of aryl methyl sites for hydroxylation is 1. The fourth-order valence-electron chi connectivity index (χ4n) is 8.80. The number of nitriles is 1. The Morgan fingerprint density at radius 1 is 1.17 bits per heavy atom. The third-order valence-electron chi connectivity index (χ3n) is 11.1. The average Bonchev–Trinajstić information content (AvgIpc) is 3.67. The Bertz CT molecular complexity index is 1690. The first-order chi connectivity index (χ1) is 22.8. The molecule has 3 atom stereocenters. The molecule has 3 saturated heterocycles. The number of hydrogen-bond donors (Lipinski definition) is 0. The third-order valence-corrected chi connectivity index (χ3v) is 11.1. The first-order valence-corrected chi connectivity index (χ1v) is 16.9. The van der Waals surface area contributed by atoms with Crippen LogP contribution in [0.15, 0.2) is 64.8 Å². The summed E-state index contributed by atoms with van der Waals surface area (Å²) in [5.74, 6) is -2.70. The van der Waals surface area contributed by atoms with Crippen molar-refractivity contribution in [3.8, 4) is 6.07 Å². The van der Waals surface area contributed by atoms with E-state index in [1.165, 1.54) is 16.0 Å². The maximum atomic E-state index is 17.0. The fourth-order valence-corrected chi connectivity index (χ4v) is 8.80. The minimum absolute atomic E-state index is 0.0397. The monoisotopic (exact) mass is 638 g/mol. The SMILES string of the molecule is [C-]#[N+]C[C@H]1CN(C2=C(C#N)C(OCC34CCCN3CCC4)=NC3C(F)=C(c4cccc5c4CCCC5)C=CC23)CCN1C(=O)C(=C)F. The van der Waals surface area contributed by atoms with Crippen LogP contribution < -0.4 is 0 Å². The van der Waals surface area contributed by atoms with Crippen LogP contribution in [0.1, 0.15) is 55.2 Å². The van der Waals surface area contributed by atoms with Crippen LogP contribution in [0, 0.1) is 23.8 Å². The van der Waals surface area contributed by atoms with Gasteiger partial charge in [0.05, 0.1) is 5.54 Å². The molecule has 0 bridgehead atoms. The van der Waals surface area contributed by atoms with E-state index in [4.69, 9.17) is 16.3 Å². The van der Waals surface area contributed by atoms with E-state index in [0.717, 1.165) is 70.0 Å². The zero-order valence-electron chi connectivity index (χ0n) is 26.7. The van der Waals surface area contributed by atoms with Gasteiger partial charge in [-0.2, -0.15) is 5.26 Å². The first kappa shape index (κ1) is 31.3. The Labute approximate surface area is 275 Å². The van der Waals surface area contributed by atoms with E-state index in [9.17, 15) is 14.4 Å². The van der Waals surface area contributed by atoms with Gasteiger partial charge in [0.2, 0.25) is 12.4 Å². The second kappa shape index (κ2) is 12.7. The fraction of sp³-hybridized carbons (Fsp3) is 0.514. The highest BCUT2D eigenvalue weighted by Crippen LogP contribution is 2.44. The van der Waals surface area contributed by atoms with E-state index in [1.807, 2.05) is 29.2 Å². The minimum atomic E-state index is -1.07. The van der Waals surface area contributed by atoms with Gasteiger partial charge in [-0.25, -0.2) is 20.3 Å². The molecule has 6 aliphatic rings. The number of benzene rings is 1. The quantitative estimate of drug-likeness (QED) is 0.302. The van der Waals surface area contributed by atoms with Gasteiger partial charge in [0.25, 0.3) is 5.91 Å². The van der Waals surface area contributed by atoms with Crippen LogP contribution in [0.2, 0.25) is 0 Å². The summed E-state index contributed by atoms with van der Waals surface area (Å²) in [5.41, 5.74) is 4.60. The lowest BCUT2D eigenvalue weighted by Crippen LogP contribution is -2.57. The van der Waals surface area contributed by atoms with Crippen molar-refractivity contribution in [3.63, 3.8) is 0 Å². The van der Waals surface area contributed by atoms with Crippen LogP contribution in [0.5, 0.6) is 0 Å². The van der Waals surface area contributed by atoms with Gasteiger partial charge in [0.15, 0.2) is 5.83 Å². The van der Waals surface area contributed by atoms with Crippen molar-refractivity contribution < 1.29 is 18.3 Å². The molecule has 4 heterocycles. The molecule has 0 aromatic heterocycles. The Morgan fingerprint density at radius 2 is 1.96 bits per heavy atom. The number of allylic oxidation sites excluding steroid dienone is 2. The van der Waals surface area contributed by atoms with Crippen molar-refractivity contribution in [2.24, 2.45) is 10.9 Å². The van der Waals surface area contributed by atoms with Crippen LogP contribution in [-0.2, 0) is 22.4 Å². The predicted molar refractivity (Wildman–Crippen MR) is 175 cm³/mol. The Balaban J connectivity index is 1.28. The van der Waals surface area contributed by atoms with E-state index in [1.54, 1.807) is 0 Å². The lowest BCUT2D eigenvalue weighted by atomic mass is 9.79. The molecule has 8 nitrogen and oxygen atoms in total. The van der Waals surface area contributed by atoms with Crippen LogP contribution in [0.25, 0.3) is 10.4 Å². The van der Waals surface area contributed by atoms with Gasteiger partial charge >= 0.3 is 0 Å². The number of dihydropyridines is 1. The zero-order valence-corrected chi connectivity index (χ0v) is 26.7. The van der Waals surface area contributed by atoms with E-state index < -0.39 is 29.7 Å². The zero-order chi connectivity index (χ0) is 32.7. The molecule has 1 amide bonds. The van der Waals surface area contributed by atoms with E-state index in [2.05, 4.69) is 28.5 Å². The molecule has 2 aliphatic carbocycles. The van der Waals surface area contributed by atoms with Crippen molar-refractivity contribution in [3.05, 3.63) is 88.0 Å². The number of piperazine rings is 1. The summed E-state index contributed by atoms with van der Waals surface area (Å²) < 4.78 is 37.4. The molecule has 0 spiro atoms. The molecule has 7 rings (SSSR count). The topological polar surface area (TPSA) is 76.5 Å². The summed E-state index contributed by atoms with van der Waals surface area (Å²) in [7, 11) is 0. The van der Waals surface area contributed by atoms with Gasteiger partial charge in [0, 0.05) is 36.8 Å². The van der Waals surface area contributed by atoms with Crippen molar-refractivity contribution in [1.29, 1.82) is 5.26 Å². The first-order valence-electron chi connectivity index (χ1n) is 16.9. The summed E-state index contributed by atoms with van der Waals surface area (Å²) in [6.07, 6.45) is 12.1. The normalized spacial score (nSPS) is 26.6. The molecule has 0 radical (unpaired) electrons. The van der Waals surface area contributed by atoms with Crippen LogP contribution >= 0.6 is 0 Å². The third kappa shape index (κ3) is 5.47. The maximum Gasteiger partial charge on any atom is 0.282 e. The number of amides is 1. The second-order valence-electron chi connectivity index (χ2n) is 13.6. The summed E-state index contributed by atoms with van der Waals surface area (Å²) in [6, 6.07) is 6.91. The number of nitrogens with zero attached hydrogens (tertiary/aromatic N) is 6. The van der Waals surface area contributed by atoms with Crippen molar-refractivity contribution in [1.82, 2.24) is 14.7 Å². The average molecular weight is 639 g/mol. The molecule has 244 valence electrons. The van der Waals surface area contributed by atoms with E-state index in [-0.39, 0.29) is 49.0 Å². The number of ether oxygens (including phenoxy) is 1. The number of rotatable bonds is 6. The number of carbonyl (C=O) groups excluding carboxylic acids is 1. The van der Waals surface area contributed by atoms with Gasteiger partial charge in [-0.3, -0.25) is 9.69 Å². The lowest BCUT2D eigenvalue weighted by Gasteiger charge is -2.45. The van der Waals surface area contributed by atoms with Crippen LogP contribution in [0.4, 0.5) is 8.78 Å². The molecular formula is C37H40F2N6O2. The Hall–Kier alpha value is -4.28. The van der Waals surface area contributed by atoms with Gasteiger partial charge in [0.1, 0.15) is 36.2 Å². The van der Waals surface area contributed by atoms with Gasteiger partial charge in [-0.1, -0.05) is 36.9 Å². The standard InChI is InChI=1S/C37H40F2N6O2/c1-24(38)36(46)45-19-18-43(22-26(45)21-41-2)34-30-13-12-29(28-11-5-9-25-8-3-4-10-27(25)28)32(39)33(30)42-35(31(34)20-40)47-23-37-14-6-16-44(37)17-7-15-37/h5,9,11-13,26,30,33H,1,3-4,6-8,10,14-19,21-23H2/t26-,30?,33?/m0/s1. The molecule has 1 aromatic rings. The molecule has 47 heavy (non-hydrogen) atoms. The molecule has 2 unspecified atom stereocenters. The highest BCUT2D eigenvalue weighted by atomic mass is 19.1. The summed E-state index contributed by atoms with van der Waals surface area (Å²) in [4.78, 5) is 26.8. The van der Waals surface area contributed by atoms with Gasteiger partial charge < -0.3 is 19.4 Å². The summed E-state index contributed by atoms with van der Waals surface area (Å²) in [6.45, 7) is 13.7. The molecule has 0 saturated carbocycles. The highest BCUT2D eigenvalue weighted by Gasteiger charge is 2.47. The van der Waals surface area contributed by atoms with Crippen LogP contribution in [0.3, 0.4) is 0 Å². The Morgan fingerprint density at radius 3 is 2.70 bits per heavy atom. The number of fused-ring (bicyclic) bond motifs is 3. The van der Waals surface area contributed by atoms with Crippen molar-refractivity contribution in [2.45, 2.75) is 69.0 Å². The number of hydrogen-bond acceptors (Lipinski definition) is 6. The lowest BCUT2D eigenvalue weighted by molar-refractivity contribution is -0.132. The largest absolute Gasteiger partial charge is 0.475 e. The molecule has 4 aliphatic heterocycles. The number of aliphatic imine (C=N–C) groups is 1. The van der Waals surface area contributed by atoms with Crippen molar-refractivity contribution >= 4 is 17.4 Å². The molecule has 0 N–H and O–H groups in total. The maximum absolute atomic E-state index is 17.0. The number of carbonyl (C=O) groups is 1. The number of halogens is 2. The Kier molecular flexibility index (Phi) is 8.48. The van der Waals surface area contributed by atoms with Crippen LogP contribution in [-0.4, -0.2) is 90.0 Å². The second-order valence-corrected chi connectivity index (χ2v) is 13.6. The highest BCUT2D eigenvalue weighted by molar-refractivity contribution is 6.00. The smallest absolute Gasteiger partial charge is 0.282 e. The summed E-state index contributed by atoms with van der Waals surface area (Å²) in [5, 5.41) is 10.6. The minimum Gasteiger partial charge on any atom is -0.475 e. The van der Waals surface area contributed by atoms with Gasteiger partial charge in [-0.05, 0) is 81.1 Å². The molecule has 3 fully saturated rings. The van der Waals surface area contributed by atoms with E-state index in [0.29, 0.717) is 17.9 Å².